The summed E-state index contributed by atoms with van der Waals surface area (Å²) in [5.41, 5.74) is 11.0. The summed E-state index contributed by atoms with van der Waals surface area (Å²) >= 11 is 1.88. The van der Waals surface area contributed by atoms with Crippen LogP contribution in [0.5, 0.6) is 0 Å². The fraction of sp³-hybridized carbons (Fsp3) is 0.250. The first-order valence-electron chi connectivity index (χ1n) is 6.17. The van der Waals surface area contributed by atoms with E-state index in [0.717, 1.165) is 5.75 Å². The number of hydrogen-bond acceptors (Lipinski definition) is 2. The summed E-state index contributed by atoms with van der Waals surface area (Å²) in [5, 5.41) is 0. The Kier molecular flexibility index (Phi) is 4.45. The standard InChI is InChI=1S/C16H19NS/c1-12-7-8-16(13(2)9-12)18-11-15-6-4-3-5-14(15)10-17/h3-9H,10-11,17H2,1-2H3. The molecule has 2 N–H and O–H groups in total. The third kappa shape index (κ3) is 3.15. The molecule has 94 valence electrons. The molecule has 2 aromatic rings. The van der Waals surface area contributed by atoms with Crippen LogP contribution in [0, 0.1) is 13.8 Å². The maximum Gasteiger partial charge on any atom is 0.0235 e. The summed E-state index contributed by atoms with van der Waals surface area (Å²) in [4.78, 5) is 1.35. The Labute approximate surface area is 113 Å². The van der Waals surface area contributed by atoms with E-state index in [4.69, 9.17) is 5.73 Å². The van der Waals surface area contributed by atoms with E-state index < -0.39 is 0 Å². The minimum absolute atomic E-state index is 0.615. The fourth-order valence-corrected chi connectivity index (χ4v) is 3.06. The Balaban J connectivity index is 2.11. The molecule has 1 nitrogen and oxygen atoms in total. The first-order chi connectivity index (χ1) is 8.70. The van der Waals surface area contributed by atoms with Crippen LogP contribution in [0.15, 0.2) is 47.4 Å². The van der Waals surface area contributed by atoms with E-state index in [9.17, 15) is 0 Å². The van der Waals surface area contributed by atoms with E-state index in [-0.39, 0.29) is 0 Å². The van der Waals surface area contributed by atoms with Crippen LogP contribution in [-0.2, 0) is 12.3 Å². The molecular weight excluding hydrogens is 238 g/mol. The quantitative estimate of drug-likeness (QED) is 0.836. The second-order valence-corrected chi connectivity index (χ2v) is 5.55. The highest BCUT2D eigenvalue weighted by Crippen LogP contribution is 2.27. The lowest BCUT2D eigenvalue weighted by molar-refractivity contribution is 1.04. The Morgan fingerprint density at radius 2 is 1.72 bits per heavy atom. The topological polar surface area (TPSA) is 26.0 Å². The van der Waals surface area contributed by atoms with Crippen LogP contribution in [0.3, 0.4) is 0 Å². The Bertz CT molecular complexity index is 534. The van der Waals surface area contributed by atoms with Gasteiger partial charge in [0.2, 0.25) is 0 Å². The summed E-state index contributed by atoms with van der Waals surface area (Å²) in [7, 11) is 0. The van der Waals surface area contributed by atoms with Crippen molar-refractivity contribution in [2.75, 3.05) is 0 Å². The fourth-order valence-electron chi connectivity index (χ4n) is 2.01. The van der Waals surface area contributed by atoms with Gasteiger partial charge < -0.3 is 5.73 Å². The van der Waals surface area contributed by atoms with E-state index in [0.29, 0.717) is 6.54 Å². The molecule has 0 fully saturated rings. The second-order valence-electron chi connectivity index (χ2n) is 4.53. The van der Waals surface area contributed by atoms with E-state index >= 15 is 0 Å². The number of hydrogen-bond donors (Lipinski definition) is 1. The zero-order chi connectivity index (χ0) is 13.0. The van der Waals surface area contributed by atoms with E-state index in [1.165, 1.54) is 27.1 Å². The summed E-state index contributed by atoms with van der Waals surface area (Å²) in [6.45, 7) is 4.92. The highest BCUT2D eigenvalue weighted by molar-refractivity contribution is 7.98. The molecule has 0 saturated carbocycles. The Morgan fingerprint density at radius 3 is 2.39 bits per heavy atom. The first-order valence-corrected chi connectivity index (χ1v) is 7.16. The molecule has 0 heterocycles. The van der Waals surface area contributed by atoms with Gasteiger partial charge in [-0.05, 0) is 36.6 Å². The SMILES string of the molecule is Cc1ccc(SCc2ccccc2CN)c(C)c1. The molecule has 0 unspecified atom stereocenters. The van der Waals surface area contributed by atoms with Gasteiger partial charge in [0.15, 0.2) is 0 Å². The molecule has 0 aromatic heterocycles. The highest BCUT2D eigenvalue weighted by Gasteiger charge is 2.03. The maximum atomic E-state index is 5.76. The van der Waals surface area contributed by atoms with Crippen LogP contribution in [-0.4, -0.2) is 0 Å². The number of thioether (sulfide) groups is 1. The van der Waals surface area contributed by atoms with Crippen molar-refractivity contribution in [3.05, 3.63) is 64.7 Å². The molecule has 0 bridgehead atoms. The smallest absolute Gasteiger partial charge is 0.0235 e. The monoisotopic (exact) mass is 257 g/mol. The molecule has 0 aliphatic rings. The molecule has 0 spiro atoms. The molecule has 0 aliphatic carbocycles. The molecule has 0 radical (unpaired) electrons. The van der Waals surface area contributed by atoms with Gasteiger partial charge in [-0.15, -0.1) is 11.8 Å². The third-order valence-electron chi connectivity index (χ3n) is 3.05. The third-order valence-corrected chi connectivity index (χ3v) is 4.28. The predicted molar refractivity (Wildman–Crippen MR) is 79.8 cm³/mol. The molecule has 18 heavy (non-hydrogen) atoms. The van der Waals surface area contributed by atoms with Crippen molar-refractivity contribution in [1.29, 1.82) is 0 Å². The van der Waals surface area contributed by atoms with Crippen LogP contribution in [0.4, 0.5) is 0 Å². The Hall–Kier alpha value is -1.25. The molecule has 0 atom stereocenters. The van der Waals surface area contributed by atoms with Gasteiger partial charge in [-0.25, -0.2) is 0 Å². The zero-order valence-corrected chi connectivity index (χ0v) is 11.8. The summed E-state index contributed by atoms with van der Waals surface area (Å²) < 4.78 is 0. The number of aryl methyl sites for hydroxylation is 2. The summed E-state index contributed by atoms with van der Waals surface area (Å²) in [6.07, 6.45) is 0. The number of benzene rings is 2. The summed E-state index contributed by atoms with van der Waals surface area (Å²) in [6, 6.07) is 15.0. The average molecular weight is 257 g/mol. The van der Waals surface area contributed by atoms with Gasteiger partial charge >= 0.3 is 0 Å². The predicted octanol–water partition coefficient (Wildman–Crippen LogP) is 4.05. The van der Waals surface area contributed by atoms with Crippen molar-refractivity contribution in [2.24, 2.45) is 5.73 Å². The summed E-state index contributed by atoms with van der Waals surface area (Å²) in [5.74, 6) is 0.983. The number of nitrogens with two attached hydrogens (primary N) is 1. The van der Waals surface area contributed by atoms with Crippen molar-refractivity contribution >= 4 is 11.8 Å². The molecule has 2 aromatic carbocycles. The van der Waals surface area contributed by atoms with Crippen molar-refractivity contribution in [3.8, 4) is 0 Å². The molecule has 0 aliphatic heterocycles. The first kappa shape index (κ1) is 13.2. The normalized spacial score (nSPS) is 10.6. The van der Waals surface area contributed by atoms with Crippen LogP contribution < -0.4 is 5.73 Å². The van der Waals surface area contributed by atoms with E-state index in [1.807, 2.05) is 17.8 Å². The molecule has 0 amide bonds. The minimum Gasteiger partial charge on any atom is -0.326 e. The van der Waals surface area contributed by atoms with Gasteiger partial charge in [0.1, 0.15) is 0 Å². The van der Waals surface area contributed by atoms with E-state index in [2.05, 4.69) is 50.2 Å². The van der Waals surface area contributed by atoms with Crippen LogP contribution in [0.2, 0.25) is 0 Å². The zero-order valence-electron chi connectivity index (χ0n) is 10.9. The van der Waals surface area contributed by atoms with E-state index in [1.54, 1.807) is 0 Å². The molecule has 2 rings (SSSR count). The molecule has 2 heteroatoms. The van der Waals surface area contributed by atoms with Crippen LogP contribution in [0.1, 0.15) is 22.3 Å². The van der Waals surface area contributed by atoms with Crippen LogP contribution >= 0.6 is 11.8 Å². The number of rotatable bonds is 4. The molecule has 0 saturated heterocycles. The molecular formula is C16H19NS. The van der Waals surface area contributed by atoms with Gasteiger partial charge in [0.25, 0.3) is 0 Å². The van der Waals surface area contributed by atoms with Crippen LogP contribution in [0.25, 0.3) is 0 Å². The van der Waals surface area contributed by atoms with Crippen molar-refractivity contribution < 1.29 is 0 Å². The largest absolute Gasteiger partial charge is 0.326 e. The second kappa shape index (κ2) is 6.07. The lowest BCUT2D eigenvalue weighted by Gasteiger charge is -2.09. The van der Waals surface area contributed by atoms with Gasteiger partial charge in [0.05, 0.1) is 0 Å². The van der Waals surface area contributed by atoms with Crippen molar-refractivity contribution in [2.45, 2.75) is 31.0 Å². The van der Waals surface area contributed by atoms with Gasteiger partial charge in [-0.3, -0.25) is 0 Å². The highest BCUT2D eigenvalue weighted by atomic mass is 32.2. The maximum absolute atomic E-state index is 5.76. The average Bonchev–Trinajstić information content (AvgIpc) is 2.38. The minimum atomic E-state index is 0.615. The van der Waals surface area contributed by atoms with Gasteiger partial charge in [-0.1, -0.05) is 42.0 Å². The lowest BCUT2D eigenvalue weighted by Crippen LogP contribution is -2.00. The van der Waals surface area contributed by atoms with Gasteiger partial charge in [-0.2, -0.15) is 0 Å². The van der Waals surface area contributed by atoms with Crippen molar-refractivity contribution in [1.82, 2.24) is 0 Å². The lowest BCUT2D eigenvalue weighted by atomic mass is 10.1. The van der Waals surface area contributed by atoms with Gasteiger partial charge in [0, 0.05) is 17.2 Å². The Morgan fingerprint density at radius 1 is 1.00 bits per heavy atom. The van der Waals surface area contributed by atoms with Crippen molar-refractivity contribution in [3.63, 3.8) is 0 Å².